The van der Waals surface area contributed by atoms with Crippen LogP contribution in [0.3, 0.4) is 0 Å². The lowest BCUT2D eigenvalue weighted by Crippen LogP contribution is -2.61. The first-order valence-corrected chi connectivity index (χ1v) is 10.5. The van der Waals surface area contributed by atoms with Crippen LogP contribution in [0.1, 0.15) is 53.4 Å². The zero-order chi connectivity index (χ0) is 18.9. The van der Waals surface area contributed by atoms with Gasteiger partial charge in [-0.2, -0.15) is 0 Å². The lowest BCUT2D eigenvalue weighted by atomic mass is 9.42. The molecule has 0 saturated heterocycles. The van der Waals surface area contributed by atoms with Gasteiger partial charge in [0.2, 0.25) is 0 Å². The van der Waals surface area contributed by atoms with Gasteiger partial charge in [-0.1, -0.05) is 51.0 Å². The number of fused-ring (bicyclic) bond motifs is 2. The highest BCUT2D eigenvalue weighted by atomic mass is 16.5. The monoisotopic (exact) mass is 354 g/mol. The molecule has 2 nitrogen and oxygen atoms in total. The fourth-order valence-corrected chi connectivity index (χ4v) is 8.01. The molecule has 0 amide bonds. The third kappa shape index (κ3) is 1.64. The van der Waals surface area contributed by atoms with E-state index in [1.165, 1.54) is 18.4 Å². The maximum absolute atomic E-state index is 13.8. The molecule has 0 aromatic heterocycles. The number of allylic oxidation sites excluding steroid dienone is 3. The number of rotatable bonds is 5. The van der Waals surface area contributed by atoms with E-state index in [9.17, 15) is 4.79 Å². The molecule has 4 aliphatic carbocycles. The molecule has 0 radical (unpaired) electrons. The van der Waals surface area contributed by atoms with Gasteiger partial charge in [0.15, 0.2) is 0 Å². The van der Waals surface area contributed by atoms with E-state index in [1.54, 1.807) is 0 Å². The third-order valence-electron chi connectivity index (χ3n) is 8.78. The first kappa shape index (κ1) is 18.1. The normalized spacial score (nSPS) is 48.3. The molecule has 0 aromatic carbocycles. The fraction of sp³-hybridized carbons (Fsp3) is 0.708. The Kier molecular flexibility index (Phi) is 3.89. The van der Waals surface area contributed by atoms with Crippen LogP contribution in [0.2, 0.25) is 0 Å². The Hall–Kier alpha value is -1.31. The van der Waals surface area contributed by atoms with Crippen LogP contribution >= 0.6 is 0 Å². The van der Waals surface area contributed by atoms with Crippen LogP contribution < -0.4 is 0 Å². The molecular weight excluding hydrogens is 320 g/mol. The summed E-state index contributed by atoms with van der Waals surface area (Å²) in [6, 6.07) is 0. The molecule has 3 saturated carbocycles. The molecule has 0 aromatic rings. The Balaban J connectivity index is 2.02. The molecule has 0 spiro atoms. The number of hydrogen-bond acceptors (Lipinski definition) is 2. The van der Waals surface area contributed by atoms with Crippen molar-refractivity contribution >= 4 is 5.97 Å². The summed E-state index contributed by atoms with van der Waals surface area (Å²) in [7, 11) is 0. The molecule has 4 rings (SSSR count). The van der Waals surface area contributed by atoms with Crippen molar-refractivity contribution in [2.45, 2.75) is 53.4 Å². The summed E-state index contributed by atoms with van der Waals surface area (Å²) in [5, 5.41) is 0. The second-order valence-electron chi connectivity index (χ2n) is 9.58. The maximum Gasteiger partial charge on any atom is 0.318 e. The highest BCUT2D eigenvalue weighted by Gasteiger charge is 2.82. The van der Waals surface area contributed by atoms with Crippen LogP contribution in [0.4, 0.5) is 0 Å². The van der Waals surface area contributed by atoms with E-state index in [4.69, 9.17) is 4.74 Å². The van der Waals surface area contributed by atoms with Crippen molar-refractivity contribution in [1.82, 2.24) is 0 Å². The molecule has 4 unspecified atom stereocenters. The minimum atomic E-state index is -0.594. The molecule has 0 N–H and O–H groups in total. The van der Waals surface area contributed by atoms with Crippen LogP contribution in [-0.4, -0.2) is 12.6 Å². The van der Waals surface area contributed by atoms with Crippen LogP contribution in [0.5, 0.6) is 0 Å². The summed E-state index contributed by atoms with van der Waals surface area (Å²) < 4.78 is 5.82. The SMILES string of the molecule is C=CC12C[C@@H]3[C@H](C)CC[C@H]3C3(C=C)CC1C=C(C(C)C)C23C(=O)OCC. The van der Waals surface area contributed by atoms with Crippen molar-refractivity contribution in [3.8, 4) is 0 Å². The summed E-state index contributed by atoms with van der Waals surface area (Å²) in [6.45, 7) is 17.9. The second-order valence-corrected chi connectivity index (χ2v) is 9.58. The summed E-state index contributed by atoms with van der Waals surface area (Å²) in [5.74, 6) is 2.63. The first-order chi connectivity index (χ1) is 12.4. The van der Waals surface area contributed by atoms with E-state index in [-0.39, 0.29) is 16.8 Å². The highest BCUT2D eigenvalue weighted by molar-refractivity contribution is 5.87. The van der Waals surface area contributed by atoms with Gasteiger partial charge in [0.25, 0.3) is 0 Å². The molecule has 4 bridgehead atoms. The van der Waals surface area contributed by atoms with Gasteiger partial charge < -0.3 is 4.74 Å². The predicted molar refractivity (Wildman–Crippen MR) is 105 cm³/mol. The average molecular weight is 355 g/mol. The fourth-order valence-electron chi connectivity index (χ4n) is 8.01. The standard InChI is InChI=1S/C24H34O2/c1-7-22-14-18-16(6)10-11-19(18)23(8-2)13-17(22)12-20(15(4)5)24(22,23)21(25)26-9-3/h7-8,12,15-19H,1-2,9-11,13-14H2,3-6H3/t16-,17?,18-,19-,22?,23?,24?/m1/s1. The molecular formula is C24H34O2. The van der Waals surface area contributed by atoms with Crippen LogP contribution in [0.25, 0.3) is 0 Å². The molecule has 26 heavy (non-hydrogen) atoms. The van der Waals surface area contributed by atoms with Gasteiger partial charge in [0.05, 0.1) is 6.61 Å². The van der Waals surface area contributed by atoms with Crippen molar-refractivity contribution in [2.75, 3.05) is 6.61 Å². The number of esters is 1. The van der Waals surface area contributed by atoms with Crippen LogP contribution in [0, 0.1) is 45.8 Å². The van der Waals surface area contributed by atoms with Gasteiger partial charge in [-0.25, -0.2) is 0 Å². The summed E-state index contributed by atoms with van der Waals surface area (Å²) in [4.78, 5) is 13.8. The smallest absolute Gasteiger partial charge is 0.318 e. The molecule has 7 atom stereocenters. The van der Waals surface area contributed by atoms with E-state index in [0.717, 1.165) is 18.8 Å². The topological polar surface area (TPSA) is 26.3 Å². The lowest BCUT2D eigenvalue weighted by Gasteiger charge is -2.59. The molecule has 2 heteroatoms. The number of carbonyl (C=O) groups excluding carboxylic acids is 1. The Labute approximate surface area is 158 Å². The summed E-state index contributed by atoms with van der Waals surface area (Å²) in [5.41, 5.74) is 0.321. The Bertz CT molecular complexity index is 688. The third-order valence-corrected chi connectivity index (χ3v) is 8.78. The molecule has 4 aliphatic rings. The van der Waals surface area contributed by atoms with Gasteiger partial charge in [-0.05, 0) is 55.8 Å². The Morgan fingerprint density at radius 2 is 1.96 bits per heavy atom. The van der Waals surface area contributed by atoms with E-state index in [0.29, 0.717) is 30.3 Å². The number of carbonyl (C=O) groups is 1. The van der Waals surface area contributed by atoms with Gasteiger partial charge in [0, 0.05) is 10.8 Å². The van der Waals surface area contributed by atoms with Crippen molar-refractivity contribution in [3.63, 3.8) is 0 Å². The lowest BCUT2D eigenvalue weighted by molar-refractivity contribution is -0.174. The largest absolute Gasteiger partial charge is 0.465 e. The van der Waals surface area contributed by atoms with Crippen LogP contribution in [-0.2, 0) is 9.53 Å². The number of hydrogen-bond donors (Lipinski definition) is 0. The molecule has 142 valence electrons. The van der Waals surface area contributed by atoms with Gasteiger partial charge in [-0.15, -0.1) is 13.2 Å². The van der Waals surface area contributed by atoms with Crippen molar-refractivity contribution < 1.29 is 9.53 Å². The minimum Gasteiger partial charge on any atom is -0.465 e. The van der Waals surface area contributed by atoms with Crippen molar-refractivity contribution in [3.05, 3.63) is 37.0 Å². The molecule has 0 aliphatic heterocycles. The average Bonchev–Trinajstić information content (AvgIpc) is 3.18. The van der Waals surface area contributed by atoms with E-state index in [2.05, 4.69) is 52.2 Å². The van der Waals surface area contributed by atoms with E-state index < -0.39 is 5.41 Å². The van der Waals surface area contributed by atoms with Gasteiger partial charge >= 0.3 is 5.97 Å². The molecule has 0 heterocycles. The van der Waals surface area contributed by atoms with Gasteiger partial charge in [0.1, 0.15) is 5.41 Å². The highest BCUT2D eigenvalue weighted by Crippen LogP contribution is 2.84. The molecule has 3 fully saturated rings. The van der Waals surface area contributed by atoms with Crippen molar-refractivity contribution in [1.29, 1.82) is 0 Å². The van der Waals surface area contributed by atoms with Crippen molar-refractivity contribution in [2.24, 2.45) is 45.8 Å². The second kappa shape index (κ2) is 5.59. The number of ether oxygens (including phenoxy) is 1. The summed E-state index contributed by atoms with van der Waals surface area (Å²) in [6.07, 6.45) is 11.3. The predicted octanol–water partition coefficient (Wildman–Crippen LogP) is 5.56. The zero-order valence-corrected chi connectivity index (χ0v) is 16.9. The first-order valence-electron chi connectivity index (χ1n) is 10.5. The zero-order valence-electron chi connectivity index (χ0n) is 16.9. The van der Waals surface area contributed by atoms with Crippen LogP contribution in [0.15, 0.2) is 37.0 Å². The maximum atomic E-state index is 13.8. The van der Waals surface area contributed by atoms with E-state index >= 15 is 0 Å². The van der Waals surface area contributed by atoms with Gasteiger partial charge in [-0.3, -0.25) is 4.79 Å². The quantitative estimate of drug-likeness (QED) is 0.477. The summed E-state index contributed by atoms with van der Waals surface area (Å²) >= 11 is 0. The Morgan fingerprint density at radius 1 is 1.27 bits per heavy atom. The Morgan fingerprint density at radius 3 is 2.54 bits per heavy atom. The minimum absolute atomic E-state index is 0.0160. The van der Waals surface area contributed by atoms with E-state index in [1.807, 2.05) is 6.92 Å².